The molecule has 1 amide bonds. The minimum absolute atomic E-state index is 0.170. The van der Waals surface area contributed by atoms with Crippen molar-refractivity contribution in [3.05, 3.63) is 42.2 Å². The number of carbonyl (C=O) groups is 1. The van der Waals surface area contributed by atoms with E-state index >= 15 is 0 Å². The summed E-state index contributed by atoms with van der Waals surface area (Å²) in [6.07, 6.45) is 1.50. The first-order valence-electron chi connectivity index (χ1n) is 10.0. The maximum Gasteiger partial charge on any atom is 0.243 e. The molecule has 1 aromatic carbocycles. The fourth-order valence-corrected chi connectivity index (χ4v) is 5.52. The Morgan fingerprint density at radius 3 is 2.62 bits per heavy atom. The number of nitrogens with one attached hydrogen (secondary N) is 1. The average molecular weight is 479 g/mol. The normalized spacial score (nSPS) is 12.8. The lowest BCUT2D eigenvalue weighted by Crippen LogP contribution is -2.31. The van der Waals surface area contributed by atoms with Gasteiger partial charge in [0, 0.05) is 18.8 Å². The number of benzene rings is 1. The van der Waals surface area contributed by atoms with Gasteiger partial charge < -0.3 is 15.6 Å². The molecule has 0 aliphatic carbocycles. The summed E-state index contributed by atoms with van der Waals surface area (Å²) >= 11 is 1.12. The molecule has 3 rings (SSSR count). The number of nitrogen functional groups attached to an aromatic ring is 1. The van der Waals surface area contributed by atoms with E-state index in [2.05, 4.69) is 15.5 Å². The molecule has 12 heteroatoms. The van der Waals surface area contributed by atoms with Gasteiger partial charge in [0.2, 0.25) is 26.9 Å². The number of sulfonamides is 1. The summed E-state index contributed by atoms with van der Waals surface area (Å²) in [5.74, 6) is 6.52. The standard InChI is InChI=1S/C20H26N6O4S2/c1-5-25(6-2)32(28,29)17-12-15(10-9-13(17)3)22-19(27)14(4)31-20-24-23-18(26(20)21)16-8-7-11-30-16/h7-12,14H,5-6,21H2,1-4H3,(H,22,27)/t14-/m1/s1. The van der Waals surface area contributed by atoms with E-state index in [0.717, 1.165) is 11.8 Å². The van der Waals surface area contributed by atoms with Gasteiger partial charge in [-0.2, -0.15) is 4.31 Å². The van der Waals surface area contributed by atoms with Crippen LogP contribution < -0.4 is 11.2 Å². The molecule has 2 aromatic heterocycles. The lowest BCUT2D eigenvalue weighted by atomic mass is 10.2. The number of anilines is 1. The van der Waals surface area contributed by atoms with E-state index in [1.165, 1.54) is 21.3 Å². The summed E-state index contributed by atoms with van der Waals surface area (Å²) < 4.78 is 33.8. The smallest absolute Gasteiger partial charge is 0.243 e. The Morgan fingerprint density at radius 1 is 1.28 bits per heavy atom. The van der Waals surface area contributed by atoms with Crippen LogP contribution in [0.2, 0.25) is 0 Å². The second-order valence-electron chi connectivity index (χ2n) is 6.97. The van der Waals surface area contributed by atoms with Gasteiger partial charge in [0.25, 0.3) is 0 Å². The Hall–Kier alpha value is -2.83. The Kier molecular flexibility index (Phi) is 7.26. The molecule has 1 atom stereocenters. The van der Waals surface area contributed by atoms with Crippen molar-refractivity contribution in [1.82, 2.24) is 19.2 Å². The summed E-state index contributed by atoms with van der Waals surface area (Å²) in [6, 6.07) is 8.25. The Labute approximate surface area is 191 Å². The third kappa shape index (κ3) is 4.81. The van der Waals surface area contributed by atoms with Crippen LogP contribution >= 0.6 is 11.8 Å². The number of aryl methyl sites for hydroxylation is 1. The number of hydrogen-bond acceptors (Lipinski definition) is 8. The van der Waals surface area contributed by atoms with Gasteiger partial charge in [0.15, 0.2) is 5.76 Å². The molecular formula is C20H26N6O4S2. The molecule has 172 valence electrons. The number of furan rings is 1. The second-order valence-corrected chi connectivity index (χ2v) is 10.2. The molecule has 32 heavy (non-hydrogen) atoms. The second kappa shape index (κ2) is 9.76. The number of carbonyl (C=O) groups excluding carboxylic acids is 1. The fourth-order valence-electron chi connectivity index (χ4n) is 3.05. The van der Waals surface area contributed by atoms with Gasteiger partial charge in [-0.1, -0.05) is 31.7 Å². The Balaban J connectivity index is 1.75. The monoisotopic (exact) mass is 478 g/mol. The SMILES string of the molecule is CCN(CC)S(=O)(=O)c1cc(NC(=O)[C@@H](C)Sc2nnc(-c3ccco3)n2N)ccc1C. The van der Waals surface area contributed by atoms with Crippen LogP contribution in [0.3, 0.4) is 0 Å². The zero-order valence-corrected chi connectivity index (χ0v) is 19.9. The minimum Gasteiger partial charge on any atom is -0.461 e. The van der Waals surface area contributed by atoms with E-state index in [0.29, 0.717) is 41.1 Å². The van der Waals surface area contributed by atoms with E-state index in [4.69, 9.17) is 10.3 Å². The molecular weight excluding hydrogens is 452 g/mol. The third-order valence-corrected chi connectivity index (χ3v) is 8.09. The Bertz CT molecular complexity index is 1190. The highest BCUT2D eigenvalue weighted by Crippen LogP contribution is 2.27. The molecule has 3 N–H and O–H groups in total. The molecule has 0 unspecified atom stereocenters. The molecule has 0 bridgehead atoms. The topological polar surface area (TPSA) is 136 Å². The van der Waals surface area contributed by atoms with Crippen LogP contribution in [0.15, 0.2) is 51.1 Å². The van der Waals surface area contributed by atoms with Gasteiger partial charge in [0.05, 0.1) is 16.4 Å². The van der Waals surface area contributed by atoms with Gasteiger partial charge in [-0.3, -0.25) is 4.79 Å². The molecule has 0 aliphatic rings. The highest BCUT2D eigenvalue weighted by atomic mass is 32.2. The van der Waals surface area contributed by atoms with Crippen LogP contribution in [0.5, 0.6) is 0 Å². The predicted molar refractivity (Wildman–Crippen MR) is 123 cm³/mol. The van der Waals surface area contributed by atoms with Crippen LogP contribution in [-0.2, 0) is 14.8 Å². The average Bonchev–Trinajstić information content (AvgIpc) is 3.40. The van der Waals surface area contributed by atoms with E-state index in [-0.39, 0.29) is 10.8 Å². The maximum atomic E-state index is 12.9. The van der Waals surface area contributed by atoms with Gasteiger partial charge in [0.1, 0.15) is 0 Å². The van der Waals surface area contributed by atoms with E-state index in [1.54, 1.807) is 52.0 Å². The minimum atomic E-state index is -3.65. The van der Waals surface area contributed by atoms with Crippen LogP contribution in [-0.4, -0.2) is 51.8 Å². The van der Waals surface area contributed by atoms with Gasteiger partial charge in [-0.15, -0.1) is 10.2 Å². The first-order valence-corrected chi connectivity index (χ1v) is 12.3. The summed E-state index contributed by atoms with van der Waals surface area (Å²) in [5, 5.41) is 10.6. The zero-order valence-electron chi connectivity index (χ0n) is 18.3. The molecule has 0 radical (unpaired) electrons. The van der Waals surface area contributed by atoms with Crippen molar-refractivity contribution in [1.29, 1.82) is 0 Å². The molecule has 0 saturated carbocycles. The molecule has 0 saturated heterocycles. The first kappa shape index (κ1) is 23.8. The zero-order chi connectivity index (χ0) is 23.5. The number of aromatic nitrogens is 3. The number of thioether (sulfide) groups is 1. The molecule has 10 nitrogen and oxygen atoms in total. The van der Waals surface area contributed by atoms with Gasteiger partial charge in [-0.25, -0.2) is 13.1 Å². The van der Waals surface area contributed by atoms with Crippen LogP contribution in [0.25, 0.3) is 11.6 Å². The largest absolute Gasteiger partial charge is 0.461 e. The molecule has 0 spiro atoms. The lowest BCUT2D eigenvalue weighted by Gasteiger charge is -2.20. The van der Waals surface area contributed by atoms with Crippen molar-refractivity contribution >= 4 is 33.4 Å². The summed E-state index contributed by atoms with van der Waals surface area (Å²) in [6.45, 7) is 7.72. The first-order chi connectivity index (χ1) is 15.2. The molecule has 3 aromatic rings. The van der Waals surface area contributed by atoms with Crippen molar-refractivity contribution in [3.63, 3.8) is 0 Å². The number of nitrogens with two attached hydrogens (primary N) is 1. The van der Waals surface area contributed by atoms with E-state index in [1.807, 2.05) is 0 Å². The summed E-state index contributed by atoms with van der Waals surface area (Å²) in [4.78, 5) is 12.9. The Morgan fingerprint density at radius 2 is 2.00 bits per heavy atom. The summed E-state index contributed by atoms with van der Waals surface area (Å²) in [5.41, 5.74) is 1.00. The summed E-state index contributed by atoms with van der Waals surface area (Å²) in [7, 11) is -3.65. The van der Waals surface area contributed by atoms with Crippen LogP contribution in [0.4, 0.5) is 5.69 Å². The van der Waals surface area contributed by atoms with Crippen molar-refractivity contribution in [2.24, 2.45) is 0 Å². The van der Waals surface area contributed by atoms with Crippen molar-refractivity contribution in [3.8, 4) is 11.6 Å². The number of amides is 1. The maximum absolute atomic E-state index is 12.9. The lowest BCUT2D eigenvalue weighted by molar-refractivity contribution is -0.115. The molecule has 0 fully saturated rings. The number of hydrogen-bond donors (Lipinski definition) is 2. The fraction of sp³-hybridized carbons (Fsp3) is 0.350. The van der Waals surface area contributed by atoms with E-state index in [9.17, 15) is 13.2 Å². The quantitative estimate of drug-likeness (QED) is 0.354. The van der Waals surface area contributed by atoms with Crippen molar-refractivity contribution in [2.75, 3.05) is 24.2 Å². The molecule has 2 heterocycles. The number of nitrogens with zero attached hydrogens (tertiary/aromatic N) is 4. The third-order valence-electron chi connectivity index (χ3n) is 4.84. The van der Waals surface area contributed by atoms with E-state index < -0.39 is 15.3 Å². The number of rotatable bonds is 9. The van der Waals surface area contributed by atoms with Gasteiger partial charge >= 0.3 is 0 Å². The highest BCUT2D eigenvalue weighted by Gasteiger charge is 2.25. The molecule has 0 aliphatic heterocycles. The van der Waals surface area contributed by atoms with Crippen molar-refractivity contribution in [2.45, 2.75) is 43.0 Å². The predicted octanol–water partition coefficient (Wildman–Crippen LogP) is 2.71. The van der Waals surface area contributed by atoms with Crippen molar-refractivity contribution < 1.29 is 17.6 Å². The van der Waals surface area contributed by atoms with Gasteiger partial charge in [-0.05, 0) is 43.7 Å². The van der Waals surface area contributed by atoms with Crippen LogP contribution in [0, 0.1) is 6.92 Å². The highest BCUT2D eigenvalue weighted by molar-refractivity contribution is 8.00. The van der Waals surface area contributed by atoms with Crippen LogP contribution in [0.1, 0.15) is 26.3 Å².